The summed E-state index contributed by atoms with van der Waals surface area (Å²) in [5.41, 5.74) is 2.19. The highest BCUT2D eigenvalue weighted by Crippen LogP contribution is 2.25. The highest BCUT2D eigenvalue weighted by Gasteiger charge is 2.14. The third kappa shape index (κ3) is 6.17. The van der Waals surface area contributed by atoms with Gasteiger partial charge in [-0.3, -0.25) is 4.79 Å². The molecule has 0 atom stereocenters. The van der Waals surface area contributed by atoms with Crippen LogP contribution in [0.4, 0.5) is 0 Å². The number of hydrogen-bond acceptors (Lipinski definition) is 3. The topological polar surface area (TPSA) is 35.5 Å². The first-order chi connectivity index (χ1) is 11.8. The summed E-state index contributed by atoms with van der Waals surface area (Å²) >= 11 is 0. The molecule has 0 fully saturated rings. The van der Waals surface area contributed by atoms with Gasteiger partial charge in [-0.05, 0) is 17.5 Å². The minimum absolute atomic E-state index is 0.136. The first-order valence-electron chi connectivity index (χ1n) is 8.68. The molecule has 128 valence electrons. The van der Waals surface area contributed by atoms with Crippen LogP contribution in [0.3, 0.4) is 0 Å². The number of ether oxygens (including phenoxy) is 2. The molecule has 3 nitrogen and oxygen atoms in total. The van der Waals surface area contributed by atoms with E-state index in [-0.39, 0.29) is 12.1 Å². The smallest absolute Gasteiger partial charge is 0.305 e. The van der Waals surface area contributed by atoms with Crippen molar-refractivity contribution in [2.24, 2.45) is 0 Å². The average molecular weight is 326 g/mol. The van der Waals surface area contributed by atoms with Gasteiger partial charge in [0.1, 0.15) is 12.7 Å². The third-order valence-corrected chi connectivity index (χ3v) is 3.82. The highest BCUT2D eigenvalue weighted by molar-refractivity contribution is 5.69. The lowest BCUT2D eigenvalue weighted by Gasteiger charge is -2.19. The van der Waals surface area contributed by atoms with Crippen molar-refractivity contribution in [3.05, 3.63) is 71.8 Å². The summed E-state index contributed by atoms with van der Waals surface area (Å²) in [6.45, 7) is 2.79. The second-order valence-electron chi connectivity index (χ2n) is 5.75. The molecule has 24 heavy (non-hydrogen) atoms. The second kappa shape index (κ2) is 10.6. The van der Waals surface area contributed by atoms with Crippen molar-refractivity contribution in [1.82, 2.24) is 0 Å². The molecule has 0 saturated heterocycles. The van der Waals surface area contributed by atoms with Crippen LogP contribution in [0, 0.1) is 0 Å². The number of carbonyl (C=O) groups excluding carboxylic acids is 1. The number of unbranched alkanes of at least 4 members (excludes halogenated alkanes) is 2. The van der Waals surface area contributed by atoms with Crippen LogP contribution in [0.1, 0.15) is 49.8 Å². The van der Waals surface area contributed by atoms with E-state index in [1.54, 1.807) is 0 Å². The van der Waals surface area contributed by atoms with Crippen LogP contribution >= 0.6 is 0 Å². The van der Waals surface area contributed by atoms with Crippen LogP contribution in [0.2, 0.25) is 0 Å². The molecule has 2 aromatic rings. The van der Waals surface area contributed by atoms with E-state index >= 15 is 0 Å². The van der Waals surface area contributed by atoms with Gasteiger partial charge in [-0.2, -0.15) is 0 Å². The van der Waals surface area contributed by atoms with Crippen molar-refractivity contribution in [2.45, 2.75) is 38.7 Å². The molecule has 0 aliphatic heterocycles. The van der Waals surface area contributed by atoms with Gasteiger partial charge in [-0.25, -0.2) is 0 Å². The van der Waals surface area contributed by atoms with Crippen LogP contribution in [0.15, 0.2) is 60.7 Å². The Labute approximate surface area is 144 Å². The molecular formula is C21H26O3. The van der Waals surface area contributed by atoms with E-state index in [0.717, 1.165) is 30.4 Å². The Balaban J connectivity index is 1.85. The molecule has 0 aliphatic rings. The minimum Gasteiger partial charge on any atom is -0.463 e. The minimum atomic E-state index is -0.147. The summed E-state index contributed by atoms with van der Waals surface area (Å²) in [4.78, 5) is 11.6. The zero-order chi connectivity index (χ0) is 17.0. The first kappa shape index (κ1) is 18.2. The Morgan fingerprint density at radius 2 is 1.46 bits per heavy atom. The summed E-state index contributed by atoms with van der Waals surface area (Å²) in [6.07, 6.45) is 3.41. The van der Waals surface area contributed by atoms with E-state index in [1.807, 2.05) is 36.4 Å². The predicted octanol–water partition coefficient (Wildman–Crippen LogP) is 4.92. The average Bonchev–Trinajstić information content (AvgIpc) is 2.63. The van der Waals surface area contributed by atoms with Crippen LogP contribution < -0.4 is 0 Å². The third-order valence-electron chi connectivity index (χ3n) is 3.82. The molecule has 2 rings (SSSR count). The molecule has 0 aromatic heterocycles. The SMILES string of the molecule is CCCCCC(=O)OCCOC(c1ccccc1)c1ccccc1. The quantitative estimate of drug-likeness (QED) is 0.459. The number of hydrogen-bond donors (Lipinski definition) is 0. The van der Waals surface area contributed by atoms with Crippen LogP contribution in [-0.2, 0) is 14.3 Å². The summed E-state index contributed by atoms with van der Waals surface area (Å²) in [5.74, 6) is -0.136. The summed E-state index contributed by atoms with van der Waals surface area (Å²) in [6, 6.07) is 20.2. The summed E-state index contributed by atoms with van der Waals surface area (Å²) < 4.78 is 11.3. The molecule has 0 heterocycles. The van der Waals surface area contributed by atoms with E-state index in [4.69, 9.17) is 9.47 Å². The molecule has 0 radical (unpaired) electrons. The van der Waals surface area contributed by atoms with Gasteiger partial charge in [0.05, 0.1) is 6.61 Å². The van der Waals surface area contributed by atoms with Gasteiger partial charge in [-0.1, -0.05) is 80.4 Å². The molecule has 0 N–H and O–H groups in total. The van der Waals surface area contributed by atoms with E-state index < -0.39 is 0 Å². The van der Waals surface area contributed by atoms with Crippen molar-refractivity contribution in [3.8, 4) is 0 Å². The molecule has 0 aliphatic carbocycles. The van der Waals surface area contributed by atoms with Gasteiger partial charge in [0.15, 0.2) is 0 Å². The Morgan fingerprint density at radius 1 is 0.875 bits per heavy atom. The van der Waals surface area contributed by atoms with Gasteiger partial charge in [0.2, 0.25) is 0 Å². The number of esters is 1. The van der Waals surface area contributed by atoms with Gasteiger partial charge in [0, 0.05) is 6.42 Å². The van der Waals surface area contributed by atoms with E-state index in [0.29, 0.717) is 19.6 Å². The Hall–Kier alpha value is -2.13. The predicted molar refractivity (Wildman–Crippen MR) is 95.8 cm³/mol. The fraction of sp³-hybridized carbons (Fsp3) is 0.381. The Kier molecular flexibility index (Phi) is 8.05. The maximum Gasteiger partial charge on any atom is 0.305 e. The fourth-order valence-corrected chi connectivity index (χ4v) is 2.55. The molecule has 0 bridgehead atoms. The van der Waals surface area contributed by atoms with E-state index in [9.17, 15) is 4.79 Å². The number of benzene rings is 2. The number of rotatable bonds is 10. The van der Waals surface area contributed by atoms with Crippen molar-refractivity contribution in [3.63, 3.8) is 0 Å². The molecule has 0 amide bonds. The Bertz CT molecular complexity index is 541. The number of carbonyl (C=O) groups is 1. The van der Waals surface area contributed by atoms with E-state index in [1.165, 1.54) is 0 Å². The van der Waals surface area contributed by atoms with Crippen LogP contribution in [-0.4, -0.2) is 19.2 Å². The summed E-state index contributed by atoms with van der Waals surface area (Å²) in [5, 5.41) is 0. The lowest BCUT2D eigenvalue weighted by molar-refractivity contribution is -0.145. The van der Waals surface area contributed by atoms with Crippen molar-refractivity contribution >= 4 is 5.97 Å². The molecule has 0 saturated carbocycles. The van der Waals surface area contributed by atoms with Crippen molar-refractivity contribution in [1.29, 1.82) is 0 Å². The molecular weight excluding hydrogens is 300 g/mol. The largest absolute Gasteiger partial charge is 0.463 e. The van der Waals surface area contributed by atoms with Crippen LogP contribution in [0.25, 0.3) is 0 Å². The Morgan fingerprint density at radius 3 is 2.00 bits per heavy atom. The monoisotopic (exact) mass is 326 g/mol. The maximum absolute atomic E-state index is 11.6. The van der Waals surface area contributed by atoms with Crippen molar-refractivity contribution in [2.75, 3.05) is 13.2 Å². The lowest BCUT2D eigenvalue weighted by atomic mass is 10.0. The molecule has 3 heteroatoms. The summed E-state index contributed by atoms with van der Waals surface area (Å²) in [7, 11) is 0. The normalized spacial score (nSPS) is 10.8. The van der Waals surface area contributed by atoms with Gasteiger partial charge in [0.25, 0.3) is 0 Å². The zero-order valence-corrected chi connectivity index (χ0v) is 14.3. The van der Waals surface area contributed by atoms with Crippen molar-refractivity contribution < 1.29 is 14.3 Å². The second-order valence-corrected chi connectivity index (χ2v) is 5.75. The van der Waals surface area contributed by atoms with Gasteiger partial charge < -0.3 is 9.47 Å². The fourth-order valence-electron chi connectivity index (χ4n) is 2.55. The van der Waals surface area contributed by atoms with Gasteiger partial charge in [-0.15, -0.1) is 0 Å². The molecule has 0 spiro atoms. The lowest BCUT2D eigenvalue weighted by Crippen LogP contribution is -2.14. The standard InChI is InChI=1S/C21H26O3/c1-2-3-6-15-20(22)23-16-17-24-21(18-11-7-4-8-12-18)19-13-9-5-10-14-19/h4-5,7-14,21H,2-3,6,15-17H2,1H3. The highest BCUT2D eigenvalue weighted by atomic mass is 16.6. The first-order valence-corrected chi connectivity index (χ1v) is 8.68. The zero-order valence-electron chi connectivity index (χ0n) is 14.3. The maximum atomic E-state index is 11.6. The van der Waals surface area contributed by atoms with Gasteiger partial charge >= 0.3 is 5.97 Å². The molecule has 2 aromatic carbocycles. The molecule has 0 unspecified atom stereocenters. The van der Waals surface area contributed by atoms with E-state index in [2.05, 4.69) is 31.2 Å². The van der Waals surface area contributed by atoms with Crippen LogP contribution in [0.5, 0.6) is 0 Å².